The minimum Gasteiger partial charge on any atom is -0.309 e. The Kier molecular flexibility index (Phi) is 5.82. The van der Waals surface area contributed by atoms with E-state index in [-0.39, 0.29) is 23.6 Å². The van der Waals surface area contributed by atoms with E-state index < -0.39 is 5.51 Å². The summed E-state index contributed by atoms with van der Waals surface area (Å²) in [5.74, 6) is 0.0296. The molecule has 0 spiro atoms. The van der Waals surface area contributed by atoms with Crippen LogP contribution in [-0.4, -0.2) is 17.8 Å². The normalized spacial score (nSPS) is 13.7. The third kappa shape index (κ3) is 6.33. The minimum atomic E-state index is -4.14. The first kappa shape index (κ1) is 14.9. The largest absolute Gasteiger partial charge is 0.441 e. The van der Waals surface area contributed by atoms with Gasteiger partial charge in [-0.25, -0.2) is 0 Å². The van der Waals surface area contributed by atoms with Crippen LogP contribution in [0.25, 0.3) is 0 Å². The molecule has 0 heterocycles. The van der Waals surface area contributed by atoms with Crippen LogP contribution in [0.4, 0.5) is 13.2 Å². The van der Waals surface area contributed by atoms with E-state index in [0.717, 1.165) is 10.0 Å². The Morgan fingerprint density at radius 1 is 1.41 bits per heavy atom. The molecule has 1 aromatic carbocycles. The molecule has 1 atom stereocenters. The molecule has 0 aliphatic rings. The smallest absolute Gasteiger partial charge is 0.309 e. The molecule has 1 N–H and O–H groups in total. The van der Waals surface area contributed by atoms with Crippen LogP contribution in [0.3, 0.4) is 0 Å². The second-order valence-electron chi connectivity index (χ2n) is 3.53. The fraction of sp³-hybridized carbons (Fsp3) is 0.455. The highest BCUT2D eigenvalue weighted by atomic mass is 79.9. The van der Waals surface area contributed by atoms with E-state index in [1.54, 1.807) is 0 Å². The molecule has 0 unspecified atom stereocenters. The molecule has 17 heavy (non-hydrogen) atoms. The number of benzene rings is 1. The Morgan fingerprint density at radius 2 is 2.12 bits per heavy atom. The molecule has 0 aliphatic carbocycles. The molecule has 0 saturated heterocycles. The quantitative estimate of drug-likeness (QED) is 0.807. The monoisotopic (exact) mass is 327 g/mol. The van der Waals surface area contributed by atoms with Gasteiger partial charge in [0, 0.05) is 22.8 Å². The summed E-state index contributed by atoms with van der Waals surface area (Å²) in [5.41, 5.74) is -3.09. The number of alkyl halides is 3. The SMILES string of the molecule is C[C@H](NCCSC(F)(F)F)c1cccc(Br)c1. The van der Waals surface area contributed by atoms with Gasteiger partial charge in [-0.2, -0.15) is 13.2 Å². The lowest BCUT2D eigenvalue weighted by Gasteiger charge is -2.14. The summed E-state index contributed by atoms with van der Waals surface area (Å²) in [6, 6.07) is 7.76. The predicted octanol–water partition coefficient (Wildman–Crippen LogP) is 4.35. The number of halogens is 4. The lowest BCUT2D eigenvalue weighted by molar-refractivity contribution is -0.0327. The Hall–Kier alpha value is -0.200. The zero-order chi connectivity index (χ0) is 12.9. The maximum absolute atomic E-state index is 11.9. The Balaban J connectivity index is 2.33. The van der Waals surface area contributed by atoms with Gasteiger partial charge < -0.3 is 5.32 Å². The van der Waals surface area contributed by atoms with E-state index in [2.05, 4.69) is 21.2 Å². The molecular formula is C11H13BrF3NS. The second kappa shape index (κ2) is 6.66. The summed E-state index contributed by atoms with van der Waals surface area (Å²) in [7, 11) is 0. The number of nitrogens with one attached hydrogen (secondary N) is 1. The van der Waals surface area contributed by atoms with Gasteiger partial charge in [-0.1, -0.05) is 28.1 Å². The Morgan fingerprint density at radius 3 is 2.71 bits per heavy atom. The van der Waals surface area contributed by atoms with Crippen LogP contribution in [0.2, 0.25) is 0 Å². The molecule has 0 radical (unpaired) electrons. The molecule has 0 amide bonds. The van der Waals surface area contributed by atoms with Crippen molar-refractivity contribution in [2.75, 3.05) is 12.3 Å². The maximum atomic E-state index is 11.9. The van der Waals surface area contributed by atoms with Gasteiger partial charge in [0.1, 0.15) is 0 Å². The molecule has 1 nitrogen and oxygen atoms in total. The molecule has 1 rings (SSSR count). The van der Waals surface area contributed by atoms with Crippen molar-refractivity contribution in [2.45, 2.75) is 18.5 Å². The molecule has 6 heteroatoms. The first-order valence-electron chi connectivity index (χ1n) is 5.08. The van der Waals surface area contributed by atoms with Gasteiger partial charge in [0.05, 0.1) is 0 Å². The standard InChI is InChI=1S/C11H13BrF3NS/c1-8(9-3-2-4-10(12)7-9)16-5-6-17-11(13,14)15/h2-4,7-8,16H,5-6H2,1H3/t8-/m0/s1. The van der Waals surface area contributed by atoms with Crippen molar-refractivity contribution in [3.63, 3.8) is 0 Å². The van der Waals surface area contributed by atoms with Crippen LogP contribution in [-0.2, 0) is 0 Å². The zero-order valence-electron chi connectivity index (χ0n) is 9.22. The average Bonchev–Trinajstić information content (AvgIpc) is 2.23. The van der Waals surface area contributed by atoms with Crippen molar-refractivity contribution >= 4 is 27.7 Å². The van der Waals surface area contributed by atoms with E-state index in [1.165, 1.54) is 0 Å². The highest BCUT2D eigenvalue weighted by molar-refractivity contribution is 9.10. The van der Waals surface area contributed by atoms with Crippen LogP contribution in [0.1, 0.15) is 18.5 Å². The van der Waals surface area contributed by atoms with Crippen molar-refractivity contribution in [1.29, 1.82) is 0 Å². The van der Waals surface area contributed by atoms with Gasteiger partial charge in [0.2, 0.25) is 0 Å². The molecule has 0 bridgehead atoms. The number of rotatable bonds is 5. The third-order valence-corrected chi connectivity index (χ3v) is 3.40. The molecule has 0 aromatic heterocycles. The molecule has 0 saturated carbocycles. The van der Waals surface area contributed by atoms with Crippen molar-refractivity contribution in [1.82, 2.24) is 5.32 Å². The average molecular weight is 328 g/mol. The van der Waals surface area contributed by atoms with Gasteiger partial charge in [0.15, 0.2) is 0 Å². The number of hydrogen-bond acceptors (Lipinski definition) is 2. The first-order chi connectivity index (χ1) is 7.88. The third-order valence-electron chi connectivity index (χ3n) is 2.17. The first-order valence-corrected chi connectivity index (χ1v) is 6.86. The van der Waals surface area contributed by atoms with Gasteiger partial charge in [-0.3, -0.25) is 0 Å². The van der Waals surface area contributed by atoms with Crippen LogP contribution in [0.15, 0.2) is 28.7 Å². The van der Waals surface area contributed by atoms with E-state index >= 15 is 0 Å². The summed E-state index contributed by atoms with van der Waals surface area (Å²) in [5, 5.41) is 3.06. The number of thioether (sulfide) groups is 1. The molecule has 96 valence electrons. The topological polar surface area (TPSA) is 12.0 Å². The van der Waals surface area contributed by atoms with Gasteiger partial charge >= 0.3 is 5.51 Å². The summed E-state index contributed by atoms with van der Waals surface area (Å²) in [6.45, 7) is 2.26. The summed E-state index contributed by atoms with van der Waals surface area (Å²) in [6.07, 6.45) is 0. The van der Waals surface area contributed by atoms with Crippen molar-refractivity contribution in [3.8, 4) is 0 Å². The van der Waals surface area contributed by atoms with Gasteiger partial charge in [-0.15, -0.1) is 0 Å². The predicted molar refractivity (Wildman–Crippen MR) is 69.1 cm³/mol. The van der Waals surface area contributed by atoms with E-state index in [0.29, 0.717) is 6.54 Å². The van der Waals surface area contributed by atoms with Crippen LogP contribution in [0, 0.1) is 0 Å². The van der Waals surface area contributed by atoms with E-state index in [4.69, 9.17) is 0 Å². The zero-order valence-corrected chi connectivity index (χ0v) is 11.6. The molecular weight excluding hydrogens is 315 g/mol. The second-order valence-corrected chi connectivity index (χ2v) is 5.60. The van der Waals surface area contributed by atoms with Crippen LogP contribution in [0.5, 0.6) is 0 Å². The Labute approximate surface area is 111 Å². The molecule has 0 fully saturated rings. The highest BCUT2D eigenvalue weighted by Gasteiger charge is 2.27. The highest BCUT2D eigenvalue weighted by Crippen LogP contribution is 2.29. The molecule has 1 aromatic rings. The van der Waals surface area contributed by atoms with Crippen LogP contribution >= 0.6 is 27.7 Å². The Bertz CT molecular complexity index is 357. The fourth-order valence-corrected chi connectivity index (χ4v) is 2.20. The summed E-state index contributed by atoms with van der Waals surface area (Å²) < 4.78 is 36.6. The fourth-order valence-electron chi connectivity index (χ4n) is 1.34. The van der Waals surface area contributed by atoms with E-state index in [9.17, 15) is 13.2 Å². The lowest BCUT2D eigenvalue weighted by Crippen LogP contribution is -2.22. The van der Waals surface area contributed by atoms with E-state index in [1.807, 2.05) is 31.2 Å². The maximum Gasteiger partial charge on any atom is 0.441 e. The van der Waals surface area contributed by atoms with Crippen molar-refractivity contribution in [2.24, 2.45) is 0 Å². The van der Waals surface area contributed by atoms with Gasteiger partial charge in [0.25, 0.3) is 0 Å². The minimum absolute atomic E-state index is 0.00214. The number of hydrogen-bond donors (Lipinski definition) is 1. The molecule has 0 aliphatic heterocycles. The van der Waals surface area contributed by atoms with Crippen molar-refractivity contribution in [3.05, 3.63) is 34.3 Å². The van der Waals surface area contributed by atoms with Crippen molar-refractivity contribution < 1.29 is 13.2 Å². The lowest BCUT2D eigenvalue weighted by atomic mass is 10.1. The summed E-state index contributed by atoms with van der Waals surface area (Å²) >= 11 is 3.36. The summed E-state index contributed by atoms with van der Waals surface area (Å²) in [4.78, 5) is 0. The van der Waals surface area contributed by atoms with Crippen LogP contribution < -0.4 is 5.32 Å². The van der Waals surface area contributed by atoms with Gasteiger partial charge in [-0.05, 0) is 36.4 Å².